The van der Waals surface area contributed by atoms with Gasteiger partial charge in [0.2, 0.25) is 5.91 Å². The van der Waals surface area contributed by atoms with Crippen molar-refractivity contribution in [2.75, 3.05) is 7.11 Å². The Bertz CT molecular complexity index is 376. The Kier molecular flexibility index (Phi) is 7.99. The van der Waals surface area contributed by atoms with Crippen LogP contribution in [0.3, 0.4) is 0 Å². The number of rotatable bonds is 9. The van der Waals surface area contributed by atoms with E-state index in [4.69, 9.17) is 4.74 Å². The minimum Gasteiger partial charge on any atom is -0.481 e. The third kappa shape index (κ3) is 5.02. The molecule has 1 amide bonds. The van der Waals surface area contributed by atoms with Gasteiger partial charge >= 0.3 is 11.9 Å². The average molecular weight is 301 g/mol. The number of ether oxygens (including phenoxy) is 1. The zero-order valence-electron chi connectivity index (χ0n) is 13.6. The molecule has 0 spiro atoms. The zero-order valence-corrected chi connectivity index (χ0v) is 13.6. The van der Waals surface area contributed by atoms with Gasteiger partial charge in [0.15, 0.2) is 0 Å². The van der Waals surface area contributed by atoms with Crippen LogP contribution in [-0.2, 0) is 19.1 Å². The Morgan fingerprint density at radius 2 is 1.71 bits per heavy atom. The summed E-state index contributed by atoms with van der Waals surface area (Å²) in [5.74, 6) is -2.01. The lowest BCUT2D eigenvalue weighted by Crippen LogP contribution is -2.47. The summed E-state index contributed by atoms with van der Waals surface area (Å²) < 4.78 is 4.70. The van der Waals surface area contributed by atoms with E-state index in [0.29, 0.717) is 19.3 Å². The fraction of sp³-hybridized carbons (Fsp3) is 0.800. The number of carboxylic acid groups (broad SMARTS) is 1. The molecular weight excluding hydrogens is 274 g/mol. The van der Waals surface area contributed by atoms with Gasteiger partial charge in [0.05, 0.1) is 12.5 Å². The van der Waals surface area contributed by atoms with Gasteiger partial charge in [-0.25, -0.2) is 4.79 Å². The van der Waals surface area contributed by atoms with Crippen molar-refractivity contribution in [2.24, 2.45) is 11.3 Å². The number of hydrogen-bond donors (Lipinski definition) is 2. The molecule has 2 atom stereocenters. The van der Waals surface area contributed by atoms with Gasteiger partial charge in [-0.15, -0.1) is 0 Å². The maximum absolute atomic E-state index is 12.1. The molecular formula is C15H27NO5. The average Bonchev–Trinajstić information content (AvgIpc) is 2.48. The fourth-order valence-electron chi connectivity index (χ4n) is 2.21. The summed E-state index contributed by atoms with van der Waals surface area (Å²) in [5.41, 5.74) is -1.08. The highest BCUT2D eigenvalue weighted by molar-refractivity contribution is 5.88. The van der Waals surface area contributed by atoms with Crippen LogP contribution in [0.5, 0.6) is 0 Å². The third-order valence-corrected chi connectivity index (χ3v) is 4.29. The van der Waals surface area contributed by atoms with Crippen LogP contribution in [-0.4, -0.2) is 36.1 Å². The Hall–Kier alpha value is -1.59. The van der Waals surface area contributed by atoms with E-state index in [1.165, 1.54) is 7.11 Å². The van der Waals surface area contributed by atoms with E-state index >= 15 is 0 Å². The minimum atomic E-state index is -1.08. The Morgan fingerprint density at radius 1 is 1.19 bits per heavy atom. The molecule has 6 heteroatoms. The number of carboxylic acids is 1. The van der Waals surface area contributed by atoms with E-state index in [1.807, 2.05) is 13.8 Å². The molecule has 0 aliphatic rings. The molecule has 0 rings (SSSR count). The highest BCUT2D eigenvalue weighted by Crippen LogP contribution is 2.31. The van der Waals surface area contributed by atoms with Crippen molar-refractivity contribution in [3.05, 3.63) is 0 Å². The number of aliphatic carboxylic acids is 1. The number of esters is 1. The van der Waals surface area contributed by atoms with Crippen LogP contribution in [0.2, 0.25) is 0 Å². The minimum absolute atomic E-state index is 0.0797. The van der Waals surface area contributed by atoms with Crippen LogP contribution in [0.15, 0.2) is 0 Å². The van der Waals surface area contributed by atoms with E-state index in [-0.39, 0.29) is 12.3 Å². The highest BCUT2D eigenvalue weighted by atomic mass is 16.5. The number of hydrogen-bond acceptors (Lipinski definition) is 4. The third-order valence-electron chi connectivity index (χ3n) is 4.29. The first kappa shape index (κ1) is 19.4. The van der Waals surface area contributed by atoms with Gasteiger partial charge in [-0.05, 0) is 18.8 Å². The van der Waals surface area contributed by atoms with Crippen molar-refractivity contribution < 1.29 is 24.2 Å². The summed E-state index contributed by atoms with van der Waals surface area (Å²) in [6, 6.07) is -0.743. The molecule has 21 heavy (non-hydrogen) atoms. The molecule has 0 fully saturated rings. The summed E-state index contributed by atoms with van der Waals surface area (Å²) in [7, 11) is 1.27. The lowest BCUT2D eigenvalue weighted by Gasteiger charge is -2.28. The number of carbonyl (C=O) groups excluding carboxylic acids is 2. The van der Waals surface area contributed by atoms with Gasteiger partial charge < -0.3 is 15.2 Å². The number of methoxy groups -OCH3 is 1. The van der Waals surface area contributed by atoms with Crippen LogP contribution in [0.25, 0.3) is 0 Å². The fourth-order valence-corrected chi connectivity index (χ4v) is 2.21. The Balaban J connectivity index is 4.99. The molecule has 0 heterocycles. The van der Waals surface area contributed by atoms with E-state index in [1.54, 1.807) is 13.8 Å². The maximum atomic E-state index is 12.1. The van der Waals surface area contributed by atoms with Gasteiger partial charge in [0, 0.05) is 6.42 Å². The molecule has 0 aliphatic carbocycles. The van der Waals surface area contributed by atoms with Crippen LogP contribution in [0, 0.1) is 11.3 Å². The molecule has 0 aromatic rings. The second kappa shape index (κ2) is 8.64. The predicted octanol–water partition coefficient (Wildman–Crippen LogP) is 1.97. The van der Waals surface area contributed by atoms with Crippen LogP contribution >= 0.6 is 0 Å². The molecule has 0 bridgehead atoms. The molecule has 6 nitrogen and oxygen atoms in total. The molecule has 2 N–H and O–H groups in total. The normalized spacial score (nSPS) is 14.1. The first-order chi connectivity index (χ1) is 9.77. The quantitative estimate of drug-likeness (QED) is 0.635. The van der Waals surface area contributed by atoms with Crippen molar-refractivity contribution in [2.45, 2.75) is 59.4 Å². The monoisotopic (exact) mass is 301 g/mol. The predicted molar refractivity (Wildman–Crippen MR) is 78.7 cm³/mol. The van der Waals surface area contributed by atoms with Gasteiger partial charge in [-0.1, -0.05) is 34.1 Å². The molecule has 122 valence electrons. The Labute approximate surface area is 126 Å². The van der Waals surface area contributed by atoms with Crippen molar-refractivity contribution >= 4 is 17.8 Å². The Morgan fingerprint density at radius 3 is 2.05 bits per heavy atom. The molecule has 0 saturated heterocycles. The molecule has 2 unspecified atom stereocenters. The smallest absolute Gasteiger partial charge is 0.328 e. The second-order valence-corrected chi connectivity index (χ2v) is 5.42. The number of carbonyl (C=O) groups is 3. The van der Waals surface area contributed by atoms with Crippen molar-refractivity contribution in [1.29, 1.82) is 0 Å². The molecule has 0 aromatic heterocycles. The molecule has 0 radical (unpaired) electrons. The van der Waals surface area contributed by atoms with Gasteiger partial charge in [0.1, 0.15) is 6.04 Å². The zero-order chi connectivity index (χ0) is 16.6. The van der Waals surface area contributed by atoms with Gasteiger partial charge in [-0.3, -0.25) is 9.59 Å². The van der Waals surface area contributed by atoms with Gasteiger partial charge in [0.25, 0.3) is 0 Å². The van der Waals surface area contributed by atoms with Crippen LogP contribution in [0.1, 0.15) is 53.4 Å². The molecule has 0 saturated carbocycles. The summed E-state index contributed by atoms with van der Waals surface area (Å²) in [5, 5.41) is 12.0. The van der Waals surface area contributed by atoms with Crippen molar-refractivity contribution in [1.82, 2.24) is 5.32 Å². The lowest BCUT2D eigenvalue weighted by molar-refractivity contribution is -0.153. The first-order valence-electron chi connectivity index (χ1n) is 7.38. The summed E-state index contributed by atoms with van der Waals surface area (Å²) in [6.45, 7) is 7.24. The standard InChI is InChI=1S/C15H27NO5/c1-6-10(4)12(13(18)21-5)16-11(17)9-15(7-2,8-3)14(19)20/h10,12H,6-9H2,1-5H3,(H,16,17)(H,19,20). The highest BCUT2D eigenvalue weighted by Gasteiger charge is 2.38. The van der Waals surface area contributed by atoms with E-state index in [9.17, 15) is 19.5 Å². The van der Waals surface area contributed by atoms with Crippen LogP contribution in [0.4, 0.5) is 0 Å². The SMILES string of the molecule is CCC(C)C(NC(=O)CC(CC)(CC)C(=O)O)C(=O)OC. The van der Waals surface area contributed by atoms with E-state index < -0.39 is 29.3 Å². The topological polar surface area (TPSA) is 92.7 Å². The van der Waals surface area contributed by atoms with E-state index in [0.717, 1.165) is 0 Å². The summed E-state index contributed by atoms with van der Waals surface area (Å²) in [6.07, 6.45) is 1.28. The molecule has 0 aliphatic heterocycles. The maximum Gasteiger partial charge on any atom is 0.328 e. The van der Waals surface area contributed by atoms with Crippen LogP contribution < -0.4 is 5.32 Å². The largest absolute Gasteiger partial charge is 0.481 e. The number of nitrogens with one attached hydrogen (secondary N) is 1. The number of amides is 1. The second-order valence-electron chi connectivity index (χ2n) is 5.42. The summed E-state index contributed by atoms with van der Waals surface area (Å²) >= 11 is 0. The molecule has 0 aromatic carbocycles. The summed E-state index contributed by atoms with van der Waals surface area (Å²) in [4.78, 5) is 35.3. The lowest BCUT2D eigenvalue weighted by atomic mass is 9.79. The van der Waals surface area contributed by atoms with Gasteiger partial charge in [-0.2, -0.15) is 0 Å². The first-order valence-corrected chi connectivity index (χ1v) is 7.38. The van der Waals surface area contributed by atoms with E-state index in [2.05, 4.69) is 5.32 Å². The van der Waals surface area contributed by atoms with Crippen molar-refractivity contribution in [3.63, 3.8) is 0 Å². The van der Waals surface area contributed by atoms with Crippen molar-refractivity contribution in [3.8, 4) is 0 Å².